The first-order valence-electron chi connectivity index (χ1n) is 8.56. The Labute approximate surface area is 150 Å². The van der Waals surface area contributed by atoms with Gasteiger partial charge >= 0.3 is 0 Å². The first-order valence-corrected chi connectivity index (χ1v) is 8.56. The number of nitrogens with zero attached hydrogens (tertiary/aromatic N) is 5. The Morgan fingerprint density at radius 2 is 2.23 bits per heavy atom. The van der Waals surface area contributed by atoms with Crippen LogP contribution in [0.15, 0.2) is 49.2 Å². The van der Waals surface area contributed by atoms with Crippen LogP contribution in [0.3, 0.4) is 0 Å². The summed E-state index contributed by atoms with van der Waals surface area (Å²) in [7, 11) is 0. The van der Waals surface area contributed by atoms with E-state index in [0.717, 1.165) is 37.4 Å². The number of nitrogens with one attached hydrogen (secondary N) is 2. The van der Waals surface area contributed by atoms with Crippen molar-refractivity contribution in [1.82, 2.24) is 29.8 Å². The van der Waals surface area contributed by atoms with Gasteiger partial charge in [0.25, 0.3) is 5.91 Å². The van der Waals surface area contributed by atoms with Gasteiger partial charge in [-0.1, -0.05) is 6.07 Å². The SMILES string of the molecule is O=C(Nc1cnccn1)c1cccc(C2CCCN2Cc2ncc[nH]2)n1. The van der Waals surface area contributed by atoms with Gasteiger partial charge in [0.1, 0.15) is 11.5 Å². The number of pyridine rings is 1. The Morgan fingerprint density at radius 3 is 3.04 bits per heavy atom. The highest BCUT2D eigenvalue weighted by atomic mass is 16.1. The molecule has 1 fully saturated rings. The standard InChI is InChI=1S/C18H19N7O/c26-18(24-16-11-19-6-7-20-16)14-4-1-3-13(23-14)15-5-2-10-25(15)12-17-21-8-9-22-17/h1,3-4,6-9,11,15H,2,5,10,12H2,(H,21,22)(H,20,24,26). The molecule has 1 unspecified atom stereocenters. The summed E-state index contributed by atoms with van der Waals surface area (Å²) >= 11 is 0. The van der Waals surface area contributed by atoms with Crippen molar-refractivity contribution in [3.8, 4) is 0 Å². The van der Waals surface area contributed by atoms with E-state index in [2.05, 4.69) is 35.1 Å². The number of rotatable bonds is 5. The van der Waals surface area contributed by atoms with Crippen molar-refractivity contribution < 1.29 is 4.79 Å². The van der Waals surface area contributed by atoms with E-state index in [-0.39, 0.29) is 11.9 Å². The highest BCUT2D eigenvalue weighted by molar-refractivity contribution is 6.02. The van der Waals surface area contributed by atoms with Crippen LogP contribution in [0, 0.1) is 0 Å². The molecule has 0 spiro atoms. The smallest absolute Gasteiger partial charge is 0.275 e. The molecule has 3 aromatic rings. The minimum atomic E-state index is -0.289. The zero-order valence-electron chi connectivity index (χ0n) is 14.2. The van der Waals surface area contributed by atoms with Gasteiger partial charge in [0.05, 0.1) is 24.5 Å². The molecule has 3 aromatic heterocycles. The molecule has 1 saturated heterocycles. The number of anilines is 1. The highest BCUT2D eigenvalue weighted by Gasteiger charge is 2.28. The van der Waals surface area contributed by atoms with Gasteiger partial charge in [-0.25, -0.2) is 15.0 Å². The molecule has 8 nitrogen and oxygen atoms in total. The molecule has 0 aromatic carbocycles. The van der Waals surface area contributed by atoms with Crippen molar-refractivity contribution in [3.63, 3.8) is 0 Å². The summed E-state index contributed by atoms with van der Waals surface area (Å²) in [6, 6.07) is 5.74. The molecule has 132 valence electrons. The summed E-state index contributed by atoms with van der Waals surface area (Å²) in [4.78, 5) is 34.8. The summed E-state index contributed by atoms with van der Waals surface area (Å²) in [5.74, 6) is 1.06. The zero-order chi connectivity index (χ0) is 17.8. The minimum absolute atomic E-state index is 0.185. The first-order chi connectivity index (χ1) is 12.8. The lowest BCUT2D eigenvalue weighted by atomic mass is 10.1. The molecule has 0 aliphatic carbocycles. The number of hydrogen-bond acceptors (Lipinski definition) is 6. The maximum absolute atomic E-state index is 12.4. The first kappa shape index (κ1) is 16.3. The molecular formula is C18H19N7O. The Morgan fingerprint density at radius 1 is 1.27 bits per heavy atom. The molecule has 1 amide bonds. The van der Waals surface area contributed by atoms with Crippen LogP contribution in [0.25, 0.3) is 0 Å². The average Bonchev–Trinajstić information content (AvgIpc) is 3.35. The van der Waals surface area contributed by atoms with E-state index < -0.39 is 0 Å². The van der Waals surface area contributed by atoms with Crippen LogP contribution in [0.1, 0.15) is 40.9 Å². The normalized spacial score (nSPS) is 17.3. The summed E-state index contributed by atoms with van der Waals surface area (Å²) in [5, 5.41) is 2.72. The van der Waals surface area contributed by atoms with Crippen LogP contribution in [-0.4, -0.2) is 42.3 Å². The summed E-state index contributed by atoms with van der Waals surface area (Å²) in [6.45, 7) is 1.73. The second-order valence-electron chi connectivity index (χ2n) is 6.16. The van der Waals surface area contributed by atoms with E-state index in [4.69, 9.17) is 0 Å². The summed E-state index contributed by atoms with van der Waals surface area (Å²) < 4.78 is 0. The molecule has 0 radical (unpaired) electrons. The third-order valence-corrected chi connectivity index (χ3v) is 4.42. The highest BCUT2D eigenvalue weighted by Crippen LogP contribution is 2.31. The lowest BCUT2D eigenvalue weighted by Crippen LogP contribution is -2.25. The Hall–Kier alpha value is -3.13. The van der Waals surface area contributed by atoms with Crippen LogP contribution in [0.2, 0.25) is 0 Å². The van der Waals surface area contributed by atoms with Gasteiger partial charge in [-0.2, -0.15) is 0 Å². The maximum Gasteiger partial charge on any atom is 0.275 e. The Kier molecular flexibility index (Phi) is 4.65. The van der Waals surface area contributed by atoms with Gasteiger partial charge in [-0.3, -0.25) is 14.7 Å². The van der Waals surface area contributed by atoms with Gasteiger partial charge < -0.3 is 10.3 Å². The van der Waals surface area contributed by atoms with E-state index in [1.165, 1.54) is 12.4 Å². The van der Waals surface area contributed by atoms with E-state index in [1.54, 1.807) is 18.5 Å². The number of aromatic amines is 1. The quantitative estimate of drug-likeness (QED) is 0.732. The molecule has 8 heteroatoms. The van der Waals surface area contributed by atoms with Crippen molar-refractivity contribution >= 4 is 11.7 Å². The molecule has 4 heterocycles. The fourth-order valence-electron chi connectivity index (χ4n) is 3.23. The number of amides is 1. The molecule has 1 atom stereocenters. The predicted octanol–water partition coefficient (Wildman–Crippen LogP) is 2.18. The molecule has 1 aliphatic rings. The third-order valence-electron chi connectivity index (χ3n) is 4.42. The van der Waals surface area contributed by atoms with E-state index in [9.17, 15) is 4.79 Å². The second-order valence-corrected chi connectivity index (χ2v) is 6.16. The number of carbonyl (C=O) groups excluding carboxylic acids is 1. The average molecular weight is 349 g/mol. The number of hydrogen-bond donors (Lipinski definition) is 2. The molecule has 0 saturated carbocycles. The van der Waals surface area contributed by atoms with E-state index >= 15 is 0 Å². The van der Waals surface area contributed by atoms with Crippen LogP contribution >= 0.6 is 0 Å². The molecule has 1 aliphatic heterocycles. The molecular weight excluding hydrogens is 330 g/mol. The van der Waals surface area contributed by atoms with Crippen LogP contribution in [-0.2, 0) is 6.54 Å². The van der Waals surface area contributed by atoms with Gasteiger partial charge in [-0.15, -0.1) is 0 Å². The van der Waals surface area contributed by atoms with Crippen molar-refractivity contribution in [1.29, 1.82) is 0 Å². The van der Waals surface area contributed by atoms with Crippen molar-refractivity contribution in [3.05, 3.63) is 66.4 Å². The van der Waals surface area contributed by atoms with Crippen molar-refractivity contribution in [2.45, 2.75) is 25.4 Å². The van der Waals surface area contributed by atoms with E-state index in [1.807, 2.05) is 18.3 Å². The van der Waals surface area contributed by atoms with Gasteiger partial charge in [0.2, 0.25) is 0 Å². The maximum atomic E-state index is 12.4. The lowest BCUT2D eigenvalue weighted by Gasteiger charge is -2.23. The molecule has 26 heavy (non-hydrogen) atoms. The van der Waals surface area contributed by atoms with Crippen molar-refractivity contribution in [2.75, 3.05) is 11.9 Å². The Balaban J connectivity index is 1.50. The zero-order valence-corrected chi connectivity index (χ0v) is 14.2. The number of carbonyl (C=O) groups is 1. The fourth-order valence-corrected chi connectivity index (χ4v) is 3.23. The summed E-state index contributed by atoms with van der Waals surface area (Å²) in [6.07, 6.45) is 10.3. The summed E-state index contributed by atoms with van der Waals surface area (Å²) in [5.41, 5.74) is 1.28. The van der Waals surface area contributed by atoms with Crippen LogP contribution in [0.5, 0.6) is 0 Å². The predicted molar refractivity (Wildman–Crippen MR) is 95.2 cm³/mol. The fraction of sp³-hybridized carbons (Fsp3) is 0.278. The van der Waals surface area contributed by atoms with Crippen molar-refractivity contribution in [2.24, 2.45) is 0 Å². The monoisotopic (exact) mass is 349 g/mol. The van der Waals surface area contributed by atoms with Crippen LogP contribution in [0.4, 0.5) is 5.82 Å². The van der Waals surface area contributed by atoms with Crippen LogP contribution < -0.4 is 5.32 Å². The number of aromatic nitrogens is 5. The molecule has 0 bridgehead atoms. The van der Waals surface area contributed by atoms with Gasteiger partial charge in [-0.05, 0) is 31.5 Å². The third kappa shape index (κ3) is 3.60. The number of likely N-dealkylation sites (tertiary alicyclic amines) is 1. The lowest BCUT2D eigenvalue weighted by molar-refractivity contribution is 0.102. The van der Waals surface area contributed by atoms with Gasteiger partial charge in [0, 0.05) is 24.8 Å². The topological polar surface area (TPSA) is 99.7 Å². The van der Waals surface area contributed by atoms with Gasteiger partial charge in [0.15, 0.2) is 5.82 Å². The molecule has 4 rings (SSSR count). The largest absolute Gasteiger partial charge is 0.348 e. The second kappa shape index (κ2) is 7.40. The molecule has 2 N–H and O–H groups in total. The minimum Gasteiger partial charge on any atom is -0.348 e. The van der Waals surface area contributed by atoms with E-state index in [0.29, 0.717) is 11.5 Å². The Bertz CT molecular complexity index is 866. The number of imidazole rings is 1. The number of H-pyrrole nitrogens is 1.